The van der Waals surface area contributed by atoms with E-state index in [4.69, 9.17) is 0 Å². The van der Waals surface area contributed by atoms with E-state index >= 15 is 0 Å². The lowest BCUT2D eigenvalue weighted by atomic mass is 10.0. The van der Waals surface area contributed by atoms with E-state index in [1.54, 1.807) is 6.20 Å². The Hall–Kier alpha value is -1.65. The van der Waals surface area contributed by atoms with Gasteiger partial charge < -0.3 is 10.2 Å². The third kappa shape index (κ3) is 3.03. The summed E-state index contributed by atoms with van der Waals surface area (Å²) in [5.41, 5.74) is 0. The summed E-state index contributed by atoms with van der Waals surface area (Å²) >= 11 is 0. The molecule has 1 N–H and O–H groups in total. The van der Waals surface area contributed by atoms with Gasteiger partial charge in [0.2, 0.25) is 5.91 Å². The number of aromatic nitrogens is 2. The minimum atomic E-state index is 0.323. The average Bonchev–Trinajstić information content (AvgIpc) is 2.87. The molecule has 1 aromatic rings. The van der Waals surface area contributed by atoms with Crippen LogP contribution in [0.15, 0.2) is 18.3 Å². The second-order valence-electron chi connectivity index (χ2n) is 5.60. The van der Waals surface area contributed by atoms with Crippen molar-refractivity contribution in [3.05, 3.63) is 18.3 Å². The van der Waals surface area contributed by atoms with Crippen LogP contribution in [0.2, 0.25) is 0 Å². The van der Waals surface area contributed by atoms with Crippen molar-refractivity contribution in [1.29, 1.82) is 0 Å². The highest BCUT2D eigenvalue weighted by atomic mass is 16.2. The van der Waals surface area contributed by atoms with Gasteiger partial charge in [-0.3, -0.25) is 4.79 Å². The molecular weight excluding hydrogens is 240 g/mol. The standard InChI is InChI=1S/C14H20N4O/c19-14(8-11-4-1-2-5-11)18-9-12(10-18)16-13-6-3-7-15-17-13/h3,6-7,11-12H,1-2,4-5,8-10H2,(H,16,17). The van der Waals surface area contributed by atoms with E-state index in [1.807, 2.05) is 17.0 Å². The number of nitrogens with zero attached hydrogens (tertiary/aromatic N) is 3. The number of amides is 1. The van der Waals surface area contributed by atoms with E-state index in [9.17, 15) is 4.79 Å². The number of likely N-dealkylation sites (tertiary alicyclic amines) is 1. The molecule has 5 nitrogen and oxygen atoms in total. The van der Waals surface area contributed by atoms with Crippen molar-refractivity contribution in [3.63, 3.8) is 0 Å². The normalized spacial score (nSPS) is 20.3. The van der Waals surface area contributed by atoms with Crippen molar-refractivity contribution in [2.24, 2.45) is 5.92 Å². The van der Waals surface area contributed by atoms with Gasteiger partial charge in [-0.15, -0.1) is 5.10 Å². The zero-order chi connectivity index (χ0) is 13.1. The third-order valence-corrected chi connectivity index (χ3v) is 4.10. The first kappa shape index (κ1) is 12.4. The van der Waals surface area contributed by atoms with Gasteiger partial charge in [0, 0.05) is 25.7 Å². The van der Waals surface area contributed by atoms with Gasteiger partial charge in [-0.1, -0.05) is 12.8 Å². The topological polar surface area (TPSA) is 58.1 Å². The summed E-state index contributed by atoms with van der Waals surface area (Å²) in [7, 11) is 0. The molecule has 0 bridgehead atoms. The largest absolute Gasteiger partial charge is 0.362 e. The Bertz CT molecular complexity index is 424. The van der Waals surface area contributed by atoms with Crippen LogP contribution in [0.25, 0.3) is 0 Å². The van der Waals surface area contributed by atoms with Crippen LogP contribution in [-0.2, 0) is 4.79 Å². The minimum Gasteiger partial charge on any atom is -0.362 e. The first-order valence-electron chi connectivity index (χ1n) is 7.13. The summed E-state index contributed by atoms with van der Waals surface area (Å²) in [5.74, 6) is 1.75. The highest BCUT2D eigenvalue weighted by molar-refractivity contribution is 5.77. The summed E-state index contributed by atoms with van der Waals surface area (Å²) in [6.07, 6.45) is 7.48. The molecule has 0 atom stereocenters. The zero-order valence-electron chi connectivity index (χ0n) is 11.1. The van der Waals surface area contributed by atoms with Crippen LogP contribution in [0.1, 0.15) is 32.1 Å². The second-order valence-corrected chi connectivity index (χ2v) is 5.60. The van der Waals surface area contributed by atoms with E-state index < -0.39 is 0 Å². The van der Waals surface area contributed by atoms with E-state index in [0.29, 0.717) is 17.9 Å². The third-order valence-electron chi connectivity index (χ3n) is 4.10. The van der Waals surface area contributed by atoms with Gasteiger partial charge in [0.15, 0.2) is 0 Å². The van der Waals surface area contributed by atoms with Crippen molar-refractivity contribution in [2.45, 2.75) is 38.1 Å². The highest BCUT2D eigenvalue weighted by Crippen LogP contribution is 2.28. The molecule has 1 aliphatic carbocycles. The van der Waals surface area contributed by atoms with Gasteiger partial charge in [-0.05, 0) is 30.9 Å². The van der Waals surface area contributed by atoms with Crippen molar-refractivity contribution in [3.8, 4) is 0 Å². The molecule has 1 aliphatic heterocycles. The van der Waals surface area contributed by atoms with Gasteiger partial charge >= 0.3 is 0 Å². The summed E-state index contributed by atoms with van der Waals surface area (Å²) in [5, 5.41) is 11.1. The van der Waals surface area contributed by atoms with Crippen LogP contribution in [0.4, 0.5) is 5.82 Å². The fourth-order valence-electron chi connectivity index (χ4n) is 2.95. The Balaban J connectivity index is 1.41. The number of carbonyl (C=O) groups is 1. The first-order chi connectivity index (χ1) is 9.31. The maximum Gasteiger partial charge on any atom is 0.222 e. The monoisotopic (exact) mass is 260 g/mol. The van der Waals surface area contributed by atoms with E-state index in [-0.39, 0.29) is 0 Å². The van der Waals surface area contributed by atoms with Gasteiger partial charge in [-0.25, -0.2) is 0 Å². The smallest absolute Gasteiger partial charge is 0.222 e. The van der Waals surface area contributed by atoms with Gasteiger partial charge in [0.25, 0.3) is 0 Å². The summed E-state index contributed by atoms with van der Waals surface area (Å²) in [4.78, 5) is 14.0. The molecule has 2 heterocycles. The van der Waals surface area contributed by atoms with Crippen LogP contribution >= 0.6 is 0 Å². The first-order valence-corrected chi connectivity index (χ1v) is 7.13. The van der Waals surface area contributed by atoms with Crippen LogP contribution in [0, 0.1) is 5.92 Å². The molecule has 102 valence electrons. The molecule has 0 spiro atoms. The molecule has 1 saturated carbocycles. The molecule has 1 amide bonds. The second kappa shape index (κ2) is 5.55. The Morgan fingerprint density at radius 2 is 2.16 bits per heavy atom. The average molecular weight is 260 g/mol. The van der Waals surface area contributed by atoms with E-state index in [0.717, 1.165) is 25.3 Å². The number of carbonyl (C=O) groups excluding carboxylic acids is 1. The molecule has 2 fully saturated rings. The number of nitrogens with one attached hydrogen (secondary N) is 1. The summed E-state index contributed by atoms with van der Waals surface area (Å²) in [6, 6.07) is 4.08. The molecule has 3 rings (SSSR count). The molecule has 0 radical (unpaired) electrons. The molecule has 5 heteroatoms. The quantitative estimate of drug-likeness (QED) is 0.895. The molecule has 1 aromatic heterocycles. The Labute approximate surface area is 113 Å². The lowest BCUT2D eigenvalue weighted by Crippen LogP contribution is -2.57. The lowest BCUT2D eigenvalue weighted by Gasteiger charge is -2.40. The minimum absolute atomic E-state index is 0.323. The molecule has 2 aliphatic rings. The highest BCUT2D eigenvalue weighted by Gasteiger charge is 2.32. The molecule has 0 aromatic carbocycles. The van der Waals surface area contributed by atoms with E-state index in [1.165, 1.54) is 25.7 Å². The number of hydrogen-bond acceptors (Lipinski definition) is 4. The van der Waals surface area contributed by atoms with Crippen molar-refractivity contribution >= 4 is 11.7 Å². The van der Waals surface area contributed by atoms with Gasteiger partial charge in [0.1, 0.15) is 5.82 Å². The van der Waals surface area contributed by atoms with E-state index in [2.05, 4.69) is 15.5 Å². The number of rotatable bonds is 4. The molecular formula is C14H20N4O. The number of anilines is 1. The molecule has 1 saturated heterocycles. The predicted molar refractivity (Wildman–Crippen MR) is 72.6 cm³/mol. The van der Waals surface area contributed by atoms with Crippen LogP contribution < -0.4 is 5.32 Å². The van der Waals surface area contributed by atoms with Crippen LogP contribution in [0.3, 0.4) is 0 Å². The van der Waals surface area contributed by atoms with Crippen LogP contribution in [0.5, 0.6) is 0 Å². The summed E-state index contributed by atoms with van der Waals surface area (Å²) < 4.78 is 0. The predicted octanol–water partition coefficient (Wildman–Crippen LogP) is 1.68. The van der Waals surface area contributed by atoms with Gasteiger partial charge in [-0.2, -0.15) is 5.10 Å². The fourth-order valence-corrected chi connectivity index (χ4v) is 2.95. The SMILES string of the molecule is O=C(CC1CCCC1)N1CC(Nc2cccnn2)C1. The van der Waals surface area contributed by atoms with Crippen molar-refractivity contribution < 1.29 is 4.79 Å². The fraction of sp³-hybridized carbons (Fsp3) is 0.643. The lowest BCUT2D eigenvalue weighted by molar-refractivity contribution is -0.136. The maximum atomic E-state index is 12.0. The van der Waals surface area contributed by atoms with Crippen LogP contribution in [-0.4, -0.2) is 40.1 Å². The molecule has 19 heavy (non-hydrogen) atoms. The van der Waals surface area contributed by atoms with Gasteiger partial charge in [0.05, 0.1) is 6.04 Å². The maximum absolute atomic E-state index is 12.0. The molecule has 0 unspecified atom stereocenters. The summed E-state index contributed by atoms with van der Waals surface area (Å²) in [6.45, 7) is 1.59. The zero-order valence-corrected chi connectivity index (χ0v) is 11.1. The Morgan fingerprint density at radius 1 is 1.37 bits per heavy atom. The van der Waals surface area contributed by atoms with Crippen molar-refractivity contribution in [2.75, 3.05) is 18.4 Å². The Morgan fingerprint density at radius 3 is 2.84 bits per heavy atom. The van der Waals surface area contributed by atoms with Crippen molar-refractivity contribution in [1.82, 2.24) is 15.1 Å². The Kier molecular flexibility index (Phi) is 3.62. The number of hydrogen-bond donors (Lipinski definition) is 1.